The van der Waals surface area contributed by atoms with Gasteiger partial charge in [0.25, 0.3) is 5.56 Å². The van der Waals surface area contributed by atoms with Crippen LogP contribution in [0.2, 0.25) is 5.02 Å². The molecule has 1 N–H and O–H groups in total. The zero-order valence-electron chi connectivity index (χ0n) is 23.9. The van der Waals surface area contributed by atoms with Gasteiger partial charge in [-0.3, -0.25) is 14.2 Å². The topological polar surface area (TPSA) is 118 Å². The second kappa shape index (κ2) is 13.8. The lowest BCUT2D eigenvalue weighted by Gasteiger charge is -2.26. The van der Waals surface area contributed by atoms with Crippen LogP contribution in [-0.4, -0.2) is 53.1 Å². The highest BCUT2D eigenvalue weighted by molar-refractivity contribution is 7.98. The number of aromatic nitrogens is 2. The molecule has 0 saturated carbocycles. The number of amides is 1. The van der Waals surface area contributed by atoms with Gasteiger partial charge in [0.2, 0.25) is 0 Å². The van der Waals surface area contributed by atoms with Crippen molar-refractivity contribution in [2.75, 3.05) is 20.3 Å². The van der Waals surface area contributed by atoms with Crippen molar-refractivity contribution in [1.82, 2.24) is 14.9 Å². The maximum Gasteiger partial charge on any atom is 0.408 e. The zero-order valence-corrected chi connectivity index (χ0v) is 25.4. The Morgan fingerprint density at radius 2 is 1.71 bits per heavy atom. The minimum atomic E-state index is -1.02. The summed E-state index contributed by atoms with van der Waals surface area (Å²) in [5, 5.41) is 3.64. The van der Waals surface area contributed by atoms with Crippen molar-refractivity contribution in [2.45, 2.75) is 56.6 Å². The molecule has 0 spiro atoms. The first-order valence-corrected chi connectivity index (χ1v) is 14.1. The average molecular weight is 604 g/mol. The number of hydrogen-bond acceptors (Lipinski definition) is 9. The van der Waals surface area contributed by atoms with Crippen LogP contribution in [0.3, 0.4) is 0 Å². The maximum atomic E-state index is 12.8. The summed E-state index contributed by atoms with van der Waals surface area (Å²) in [5.74, 6) is 0.778. The van der Waals surface area contributed by atoms with E-state index in [0.29, 0.717) is 33.0 Å². The van der Waals surface area contributed by atoms with Crippen molar-refractivity contribution in [2.24, 2.45) is 0 Å². The van der Waals surface area contributed by atoms with Crippen LogP contribution in [0, 0.1) is 0 Å². The summed E-state index contributed by atoms with van der Waals surface area (Å²) in [4.78, 5) is 41.2. The molecule has 41 heavy (non-hydrogen) atoms. The lowest BCUT2D eigenvalue weighted by Crippen LogP contribution is -2.40. The first kappa shape index (κ1) is 31.8. The van der Waals surface area contributed by atoms with E-state index in [1.807, 2.05) is 24.3 Å². The minimum absolute atomic E-state index is 0.00191. The number of benzene rings is 2. The number of rotatable bonds is 11. The van der Waals surface area contributed by atoms with Crippen molar-refractivity contribution in [3.05, 3.63) is 75.8 Å². The molecule has 1 amide bonds. The third kappa shape index (κ3) is 10.3. The summed E-state index contributed by atoms with van der Waals surface area (Å²) in [7, 11) is 1.48. The number of esters is 1. The Morgan fingerprint density at radius 1 is 1.00 bits per heavy atom. The van der Waals surface area contributed by atoms with Gasteiger partial charge in [0.1, 0.15) is 35.7 Å². The quantitative estimate of drug-likeness (QED) is 0.174. The van der Waals surface area contributed by atoms with Crippen molar-refractivity contribution >= 4 is 35.4 Å². The number of hydrogen-bond donors (Lipinski definition) is 1. The Hall–Kier alpha value is -3.70. The van der Waals surface area contributed by atoms with Gasteiger partial charge in [0.15, 0.2) is 11.5 Å². The normalized spacial score (nSPS) is 11.5. The summed E-state index contributed by atoms with van der Waals surface area (Å²) in [6.45, 7) is 8.18. The van der Waals surface area contributed by atoms with Gasteiger partial charge >= 0.3 is 12.1 Å². The molecule has 1 heterocycles. The zero-order chi connectivity index (χ0) is 30.2. The van der Waals surface area contributed by atoms with Crippen molar-refractivity contribution in [3.8, 4) is 17.2 Å². The lowest BCUT2D eigenvalue weighted by molar-refractivity contribution is -0.157. The number of carbonyl (C=O) groups is 2. The first-order valence-electron chi connectivity index (χ1n) is 12.7. The van der Waals surface area contributed by atoms with E-state index in [2.05, 4.69) is 10.3 Å². The van der Waals surface area contributed by atoms with Crippen molar-refractivity contribution < 1.29 is 28.5 Å². The predicted molar refractivity (Wildman–Crippen MR) is 157 cm³/mol. The van der Waals surface area contributed by atoms with Crippen LogP contribution in [0.5, 0.6) is 11.5 Å². The second-order valence-electron chi connectivity index (χ2n) is 10.6. The van der Waals surface area contributed by atoms with E-state index in [1.165, 1.54) is 35.8 Å². The molecule has 0 aliphatic rings. The lowest BCUT2D eigenvalue weighted by atomic mass is 10.1. The van der Waals surface area contributed by atoms with Gasteiger partial charge in [-0.25, -0.2) is 9.78 Å². The van der Waals surface area contributed by atoms with Gasteiger partial charge in [-0.15, -0.1) is 11.8 Å². The molecule has 0 bridgehead atoms. The van der Waals surface area contributed by atoms with Crippen LogP contribution in [0.15, 0.2) is 64.7 Å². The van der Waals surface area contributed by atoms with Crippen LogP contribution in [-0.2, 0) is 20.0 Å². The first-order chi connectivity index (χ1) is 19.2. The molecule has 3 aromatic rings. The number of thioether (sulfide) groups is 1. The smallest absolute Gasteiger partial charge is 0.408 e. The molecule has 0 fully saturated rings. The number of alkyl carbamates (subject to hydrolysis) is 1. The molecule has 0 aliphatic heterocycles. The fourth-order valence-corrected chi connectivity index (χ4v) is 4.34. The third-order valence-corrected chi connectivity index (χ3v) is 6.50. The van der Waals surface area contributed by atoms with Gasteiger partial charge in [-0.2, -0.15) is 0 Å². The fraction of sp³-hybridized carbons (Fsp3) is 0.379. The Morgan fingerprint density at radius 3 is 2.34 bits per heavy atom. The molecular weight excluding hydrogens is 570 g/mol. The van der Waals surface area contributed by atoms with E-state index < -0.39 is 23.3 Å². The summed E-state index contributed by atoms with van der Waals surface area (Å²) in [5.41, 5.74) is -0.332. The van der Waals surface area contributed by atoms with Crippen LogP contribution in [0.1, 0.15) is 40.2 Å². The Balaban J connectivity index is 1.59. The number of ether oxygens (including phenoxy) is 4. The van der Waals surface area contributed by atoms with E-state index in [4.69, 9.17) is 30.5 Å². The molecule has 0 unspecified atom stereocenters. The number of methoxy groups -OCH3 is 1. The number of carbonyl (C=O) groups excluding carboxylic acids is 2. The summed E-state index contributed by atoms with van der Waals surface area (Å²) in [6.07, 6.45) is 0.754. The maximum absolute atomic E-state index is 12.8. The molecular formula is C29H34ClN3O7S. The Kier molecular flexibility index (Phi) is 10.7. The molecule has 0 atom stereocenters. The largest absolute Gasteiger partial charge is 0.493 e. The molecule has 1 aromatic heterocycles. The molecule has 0 aliphatic carbocycles. The highest BCUT2D eigenvalue weighted by Crippen LogP contribution is 2.30. The highest BCUT2D eigenvalue weighted by Gasteiger charge is 2.26. The van der Waals surface area contributed by atoms with E-state index in [9.17, 15) is 14.4 Å². The van der Waals surface area contributed by atoms with Gasteiger partial charge in [0.05, 0.1) is 12.8 Å². The average Bonchev–Trinajstić information content (AvgIpc) is 2.89. The van der Waals surface area contributed by atoms with Gasteiger partial charge in [0, 0.05) is 22.9 Å². The van der Waals surface area contributed by atoms with Crippen molar-refractivity contribution in [1.29, 1.82) is 0 Å². The number of halogens is 1. The third-order valence-electron chi connectivity index (χ3n) is 5.25. The minimum Gasteiger partial charge on any atom is -0.493 e. The predicted octanol–water partition coefficient (Wildman–Crippen LogP) is 5.41. The summed E-state index contributed by atoms with van der Waals surface area (Å²) < 4.78 is 23.3. The number of nitrogens with zero attached hydrogens (tertiary/aromatic N) is 2. The van der Waals surface area contributed by atoms with Crippen LogP contribution in [0.25, 0.3) is 5.69 Å². The number of nitrogens with one attached hydrogen (secondary N) is 1. The van der Waals surface area contributed by atoms with E-state index >= 15 is 0 Å². The van der Waals surface area contributed by atoms with E-state index in [0.717, 1.165) is 5.56 Å². The van der Waals surface area contributed by atoms with Crippen LogP contribution in [0.4, 0.5) is 4.79 Å². The molecule has 0 saturated heterocycles. The van der Waals surface area contributed by atoms with E-state index in [-0.39, 0.29) is 18.7 Å². The van der Waals surface area contributed by atoms with Gasteiger partial charge < -0.3 is 24.3 Å². The highest BCUT2D eigenvalue weighted by atomic mass is 35.5. The Labute approximate surface area is 248 Å². The monoisotopic (exact) mass is 603 g/mol. The van der Waals surface area contributed by atoms with Gasteiger partial charge in [-0.05, 0) is 64.4 Å². The second-order valence-corrected chi connectivity index (χ2v) is 12.0. The molecule has 3 rings (SSSR count). The standard InChI is InChI=1S/C29H34ClN3O7S/c1-28(2,3)40-27(36)31-15-26(35)39-29(4,5)17-38-22-12-11-21(13-23(22)37-6)33-18-32-24(14-25(33)34)41-16-19-7-9-20(30)10-8-19/h7-14,18H,15-17H2,1-6H3,(H,31,36). The van der Waals surface area contributed by atoms with Crippen LogP contribution >= 0.6 is 23.4 Å². The van der Waals surface area contributed by atoms with Crippen molar-refractivity contribution in [3.63, 3.8) is 0 Å². The molecule has 0 radical (unpaired) electrons. The Bertz CT molecular complexity index is 1420. The molecule has 2 aromatic carbocycles. The summed E-state index contributed by atoms with van der Waals surface area (Å²) in [6, 6.07) is 14.0. The molecule has 10 nitrogen and oxygen atoms in total. The molecule has 12 heteroatoms. The van der Waals surface area contributed by atoms with Crippen LogP contribution < -0.4 is 20.3 Å². The SMILES string of the molecule is COc1cc(-n2cnc(SCc3ccc(Cl)cc3)cc2=O)ccc1OCC(C)(C)OC(=O)CNC(=O)OC(C)(C)C. The molecule has 220 valence electrons. The van der Waals surface area contributed by atoms with E-state index in [1.54, 1.807) is 52.8 Å². The fourth-order valence-electron chi connectivity index (χ4n) is 3.40. The van der Waals surface area contributed by atoms with Gasteiger partial charge in [-0.1, -0.05) is 23.7 Å². The summed E-state index contributed by atoms with van der Waals surface area (Å²) >= 11 is 7.39.